The number of aryl methyl sites for hydroxylation is 1. The molecule has 1 aromatic heterocycles. The van der Waals surface area contributed by atoms with Crippen LogP contribution in [0.5, 0.6) is 0 Å². The smallest absolute Gasteiger partial charge is 0.355 e. The third-order valence-electron chi connectivity index (χ3n) is 5.14. The molecule has 0 amide bonds. The zero-order valence-electron chi connectivity index (χ0n) is 16.7. The molecule has 2 heterocycles. The van der Waals surface area contributed by atoms with E-state index in [2.05, 4.69) is 15.0 Å². The molecule has 31 heavy (non-hydrogen) atoms. The van der Waals surface area contributed by atoms with Crippen molar-refractivity contribution in [2.75, 3.05) is 12.4 Å². The number of alkyl halides is 3. The lowest BCUT2D eigenvalue weighted by Gasteiger charge is -2.16. The number of rotatable bonds is 5. The minimum absolute atomic E-state index is 0.160. The van der Waals surface area contributed by atoms with E-state index in [9.17, 15) is 21.6 Å². The SMILES string of the molecule is CNS(=O)(=O)N1Cc2ccc(Nc3ccc(C(F)(F)F)cc3)c(-c3cn(C)cn3)c2C1. The van der Waals surface area contributed by atoms with Crippen LogP contribution in [-0.4, -0.2) is 29.3 Å². The molecule has 0 radical (unpaired) electrons. The maximum absolute atomic E-state index is 12.9. The fraction of sp³-hybridized carbons (Fsp3) is 0.250. The van der Waals surface area contributed by atoms with Crippen LogP contribution in [0.15, 0.2) is 48.9 Å². The van der Waals surface area contributed by atoms with E-state index in [1.165, 1.54) is 23.5 Å². The summed E-state index contributed by atoms with van der Waals surface area (Å²) in [4.78, 5) is 4.41. The minimum Gasteiger partial charge on any atom is -0.355 e. The highest BCUT2D eigenvalue weighted by atomic mass is 32.2. The summed E-state index contributed by atoms with van der Waals surface area (Å²) in [5, 5.41) is 3.16. The van der Waals surface area contributed by atoms with Crippen molar-refractivity contribution >= 4 is 21.6 Å². The molecule has 1 aliphatic rings. The fourth-order valence-corrected chi connectivity index (χ4v) is 4.44. The van der Waals surface area contributed by atoms with Crippen LogP contribution in [0.1, 0.15) is 16.7 Å². The fourth-order valence-electron chi connectivity index (χ4n) is 3.58. The zero-order chi connectivity index (χ0) is 22.4. The maximum Gasteiger partial charge on any atom is 0.416 e. The Bertz CT molecular complexity index is 1220. The van der Waals surface area contributed by atoms with E-state index in [1.807, 2.05) is 19.3 Å². The molecule has 2 N–H and O–H groups in total. The number of halogens is 3. The molecule has 0 atom stereocenters. The summed E-state index contributed by atoms with van der Waals surface area (Å²) in [6, 6.07) is 8.34. The van der Waals surface area contributed by atoms with Crippen molar-refractivity contribution in [3.8, 4) is 11.3 Å². The number of anilines is 2. The van der Waals surface area contributed by atoms with Crippen LogP contribution in [0.25, 0.3) is 11.3 Å². The monoisotopic (exact) mass is 451 g/mol. The van der Waals surface area contributed by atoms with Crippen molar-refractivity contribution in [2.45, 2.75) is 19.3 Å². The number of hydrogen-bond acceptors (Lipinski definition) is 4. The number of benzene rings is 2. The Kier molecular flexibility index (Phi) is 5.28. The van der Waals surface area contributed by atoms with Crippen molar-refractivity contribution in [3.05, 3.63) is 65.6 Å². The maximum atomic E-state index is 12.9. The summed E-state index contributed by atoms with van der Waals surface area (Å²) < 4.78 is 68.6. The molecule has 0 unspecified atom stereocenters. The quantitative estimate of drug-likeness (QED) is 0.621. The van der Waals surface area contributed by atoms with E-state index in [-0.39, 0.29) is 13.1 Å². The molecule has 164 valence electrons. The summed E-state index contributed by atoms with van der Waals surface area (Å²) in [6.07, 6.45) is -0.968. The summed E-state index contributed by atoms with van der Waals surface area (Å²) in [5.41, 5.74) is 3.37. The van der Waals surface area contributed by atoms with Crippen molar-refractivity contribution < 1.29 is 21.6 Å². The Balaban J connectivity index is 1.75. The topological polar surface area (TPSA) is 79.3 Å². The van der Waals surface area contributed by atoms with E-state index in [1.54, 1.807) is 17.0 Å². The van der Waals surface area contributed by atoms with Gasteiger partial charge >= 0.3 is 6.18 Å². The van der Waals surface area contributed by atoms with Gasteiger partial charge in [0.1, 0.15) is 0 Å². The molecule has 7 nitrogen and oxygen atoms in total. The van der Waals surface area contributed by atoms with Gasteiger partial charge in [-0.25, -0.2) is 9.71 Å². The Morgan fingerprint density at radius 2 is 1.77 bits per heavy atom. The van der Waals surface area contributed by atoms with Crippen molar-refractivity contribution in [3.63, 3.8) is 0 Å². The Morgan fingerprint density at radius 3 is 2.35 bits per heavy atom. The van der Waals surface area contributed by atoms with Crippen LogP contribution in [0.3, 0.4) is 0 Å². The number of nitrogens with one attached hydrogen (secondary N) is 2. The van der Waals surface area contributed by atoms with Gasteiger partial charge in [0.05, 0.1) is 17.6 Å². The van der Waals surface area contributed by atoms with Crippen molar-refractivity contribution in [2.24, 2.45) is 7.05 Å². The van der Waals surface area contributed by atoms with Crippen LogP contribution >= 0.6 is 0 Å². The number of hydrogen-bond donors (Lipinski definition) is 2. The highest BCUT2D eigenvalue weighted by Crippen LogP contribution is 2.39. The van der Waals surface area contributed by atoms with Crippen molar-refractivity contribution in [1.29, 1.82) is 0 Å². The van der Waals surface area contributed by atoms with Gasteiger partial charge in [-0.05, 0) is 41.5 Å². The van der Waals surface area contributed by atoms with Gasteiger partial charge in [-0.15, -0.1) is 0 Å². The lowest BCUT2D eigenvalue weighted by atomic mass is 9.99. The molecule has 0 spiro atoms. The molecule has 11 heteroatoms. The summed E-state index contributed by atoms with van der Waals surface area (Å²) in [5.74, 6) is 0. The van der Waals surface area contributed by atoms with Crippen molar-refractivity contribution in [1.82, 2.24) is 18.6 Å². The largest absolute Gasteiger partial charge is 0.416 e. The molecule has 3 aromatic rings. The molecular weight excluding hydrogens is 431 g/mol. The van der Waals surface area contributed by atoms with Crippen LogP contribution in [-0.2, 0) is 36.5 Å². The molecule has 1 aliphatic heterocycles. The lowest BCUT2D eigenvalue weighted by molar-refractivity contribution is -0.137. The van der Waals surface area contributed by atoms with Gasteiger partial charge in [-0.3, -0.25) is 0 Å². The van der Waals surface area contributed by atoms with Gasteiger partial charge < -0.3 is 9.88 Å². The highest BCUT2D eigenvalue weighted by molar-refractivity contribution is 7.87. The number of fused-ring (bicyclic) bond motifs is 1. The predicted molar refractivity (Wildman–Crippen MR) is 111 cm³/mol. The molecule has 0 fully saturated rings. The Morgan fingerprint density at radius 1 is 1.06 bits per heavy atom. The molecule has 0 saturated carbocycles. The average molecular weight is 451 g/mol. The predicted octanol–water partition coefficient (Wildman–Crippen LogP) is 3.63. The Hall–Kier alpha value is -2.89. The standard InChI is InChI=1S/C20H20F3N5O2S/c1-24-31(29,30)28-9-13-3-8-17(19(16(13)10-28)18-11-27(2)12-25-18)26-15-6-4-14(5-7-15)20(21,22)23/h3-8,11-12,24,26H,9-10H2,1-2H3. The van der Waals surface area contributed by atoms with Gasteiger partial charge in [0.2, 0.25) is 0 Å². The second kappa shape index (κ2) is 7.66. The second-order valence-corrected chi connectivity index (χ2v) is 9.10. The van der Waals surface area contributed by atoms with Crippen LogP contribution in [0.2, 0.25) is 0 Å². The minimum atomic E-state index is -4.41. The van der Waals surface area contributed by atoms with Gasteiger partial charge in [0, 0.05) is 50.3 Å². The molecule has 2 aromatic carbocycles. The van der Waals surface area contributed by atoms with Gasteiger partial charge in [-0.2, -0.15) is 25.9 Å². The second-order valence-electron chi connectivity index (χ2n) is 7.23. The normalized spacial score (nSPS) is 14.6. The van der Waals surface area contributed by atoms with E-state index in [0.717, 1.165) is 23.3 Å². The summed E-state index contributed by atoms with van der Waals surface area (Å²) >= 11 is 0. The highest BCUT2D eigenvalue weighted by Gasteiger charge is 2.32. The first-order chi connectivity index (χ1) is 14.6. The Labute approximate surface area is 177 Å². The first kappa shape index (κ1) is 21.3. The number of imidazole rings is 1. The third-order valence-corrected chi connectivity index (χ3v) is 6.60. The van der Waals surface area contributed by atoms with Crippen LogP contribution < -0.4 is 10.0 Å². The molecular formula is C20H20F3N5O2S. The van der Waals surface area contributed by atoms with Gasteiger partial charge in [0.15, 0.2) is 0 Å². The van der Waals surface area contributed by atoms with Crippen LogP contribution in [0.4, 0.5) is 24.5 Å². The number of nitrogens with zero attached hydrogens (tertiary/aromatic N) is 3. The van der Waals surface area contributed by atoms with E-state index < -0.39 is 21.9 Å². The average Bonchev–Trinajstić information content (AvgIpc) is 3.34. The van der Waals surface area contributed by atoms with E-state index in [0.29, 0.717) is 22.6 Å². The van der Waals surface area contributed by atoms with E-state index in [4.69, 9.17) is 0 Å². The zero-order valence-corrected chi connectivity index (χ0v) is 17.5. The van der Waals surface area contributed by atoms with Gasteiger partial charge in [0.25, 0.3) is 10.2 Å². The number of aromatic nitrogens is 2. The third kappa shape index (κ3) is 4.16. The molecule has 0 bridgehead atoms. The molecule has 4 rings (SSSR count). The summed E-state index contributed by atoms with van der Waals surface area (Å²) in [7, 11) is -0.443. The first-order valence-electron chi connectivity index (χ1n) is 9.34. The molecule has 0 saturated heterocycles. The summed E-state index contributed by atoms with van der Waals surface area (Å²) in [6.45, 7) is 0.381. The lowest BCUT2D eigenvalue weighted by Crippen LogP contribution is -2.35. The van der Waals surface area contributed by atoms with Gasteiger partial charge in [-0.1, -0.05) is 6.07 Å². The van der Waals surface area contributed by atoms with Crippen LogP contribution in [0, 0.1) is 0 Å². The molecule has 0 aliphatic carbocycles. The van der Waals surface area contributed by atoms with E-state index >= 15 is 0 Å². The first-order valence-corrected chi connectivity index (χ1v) is 10.8.